The van der Waals surface area contributed by atoms with Crippen molar-refractivity contribution in [1.82, 2.24) is 19.8 Å². The van der Waals surface area contributed by atoms with Crippen LogP contribution in [-0.4, -0.2) is 41.0 Å². The molecule has 2 aromatic carbocycles. The van der Waals surface area contributed by atoms with E-state index in [9.17, 15) is 9.18 Å². The lowest BCUT2D eigenvalue weighted by atomic mass is 10.1. The molecule has 3 aromatic rings. The zero-order valence-corrected chi connectivity index (χ0v) is 15.2. The summed E-state index contributed by atoms with van der Waals surface area (Å²) in [5, 5.41) is 2.95. The van der Waals surface area contributed by atoms with Gasteiger partial charge in [0.05, 0.1) is 11.0 Å². The fraction of sp³-hybridized carbons (Fsp3) is 0.300. The van der Waals surface area contributed by atoms with Crippen molar-refractivity contribution in [2.24, 2.45) is 7.05 Å². The van der Waals surface area contributed by atoms with Gasteiger partial charge in [-0.2, -0.15) is 0 Å². The average molecular weight is 354 g/mol. The fourth-order valence-corrected chi connectivity index (χ4v) is 3.17. The van der Waals surface area contributed by atoms with Crippen molar-refractivity contribution in [3.8, 4) is 0 Å². The van der Waals surface area contributed by atoms with Crippen molar-refractivity contribution in [2.45, 2.75) is 12.5 Å². The Kier molecular flexibility index (Phi) is 5.32. The first-order chi connectivity index (χ1) is 12.5. The minimum absolute atomic E-state index is 0.153. The molecule has 0 saturated heterocycles. The van der Waals surface area contributed by atoms with Crippen LogP contribution in [0.5, 0.6) is 0 Å². The van der Waals surface area contributed by atoms with Gasteiger partial charge >= 0.3 is 0 Å². The third-order valence-electron chi connectivity index (χ3n) is 4.46. The van der Waals surface area contributed by atoms with E-state index in [1.165, 1.54) is 12.1 Å². The molecule has 0 radical (unpaired) electrons. The molecule has 26 heavy (non-hydrogen) atoms. The van der Waals surface area contributed by atoms with Gasteiger partial charge in [-0.1, -0.05) is 24.3 Å². The number of carbonyl (C=O) groups is 1. The van der Waals surface area contributed by atoms with Crippen molar-refractivity contribution in [3.05, 3.63) is 65.7 Å². The number of carbonyl (C=O) groups excluding carboxylic acids is 1. The number of hydrogen-bond acceptors (Lipinski definition) is 3. The van der Waals surface area contributed by atoms with Crippen LogP contribution in [0.25, 0.3) is 11.0 Å². The number of hydrogen-bond donors (Lipinski definition) is 1. The van der Waals surface area contributed by atoms with Crippen molar-refractivity contribution in [3.63, 3.8) is 0 Å². The number of para-hydroxylation sites is 2. The number of amides is 1. The molecular formula is C20H23FN4O. The van der Waals surface area contributed by atoms with Gasteiger partial charge in [0.15, 0.2) is 0 Å². The standard InChI is InChI=1S/C20H23FN4O/c1-24(2)19(14-7-6-8-15(21)13-14)20(26)22-12-11-18-23-16-9-4-5-10-17(16)25(18)3/h4-10,13,19H,11-12H2,1-3H3,(H,22,26)/t19-/m0/s1. The third-order valence-corrected chi connectivity index (χ3v) is 4.46. The number of aryl methyl sites for hydroxylation is 1. The first-order valence-electron chi connectivity index (χ1n) is 8.57. The summed E-state index contributed by atoms with van der Waals surface area (Å²) in [7, 11) is 5.59. The van der Waals surface area contributed by atoms with Gasteiger partial charge in [-0.15, -0.1) is 0 Å². The van der Waals surface area contributed by atoms with Gasteiger partial charge in [0, 0.05) is 20.0 Å². The molecule has 1 aromatic heterocycles. The summed E-state index contributed by atoms with van der Waals surface area (Å²) in [5.41, 5.74) is 2.65. The highest BCUT2D eigenvalue weighted by molar-refractivity contribution is 5.83. The SMILES string of the molecule is CN(C)[C@H](C(=O)NCCc1nc2ccccc2n1C)c1cccc(F)c1. The van der Waals surface area contributed by atoms with Gasteiger partial charge in [0.2, 0.25) is 5.91 Å². The molecule has 0 fully saturated rings. The van der Waals surface area contributed by atoms with Crippen LogP contribution in [0.4, 0.5) is 4.39 Å². The van der Waals surface area contributed by atoms with E-state index >= 15 is 0 Å². The van der Waals surface area contributed by atoms with Crippen LogP contribution in [0.3, 0.4) is 0 Å². The first kappa shape index (κ1) is 18.1. The molecule has 1 heterocycles. The summed E-state index contributed by atoms with van der Waals surface area (Å²) in [6, 6.07) is 13.6. The van der Waals surface area contributed by atoms with Crippen LogP contribution >= 0.6 is 0 Å². The maximum absolute atomic E-state index is 13.5. The first-order valence-corrected chi connectivity index (χ1v) is 8.57. The van der Waals surface area contributed by atoms with Gasteiger partial charge in [-0.25, -0.2) is 9.37 Å². The summed E-state index contributed by atoms with van der Waals surface area (Å²) < 4.78 is 15.6. The lowest BCUT2D eigenvalue weighted by Gasteiger charge is -2.23. The highest BCUT2D eigenvalue weighted by Gasteiger charge is 2.23. The topological polar surface area (TPSA) is 50.2 Å². The van der Waals surface area contributed by atoms with E-state index in [0.29, 0.717) is 18.5 Å². The fourth-order valence-electron chi connectivity index (χ4n) is 3.17. The Bertz CT molecular complexity index is 919. The lowest BCUT2D eigenvalue weighted by molar-refractivity contribution is -0.125. The smallest absolute Gasteiger partial charge is 0.241 e. The van der Waals surface area contributed by atoms with Gasteiger partial charge in [-0.05, 0) is 43.9 Å². The van der Waals surface area contributed by atoms with Gasteiger partial charge in [-0.3, -0.25) is 9.69 Å². The molecule has 0 aliphatic heterocycles. The molecule has 1 atom stereocenters. The van der Waals surface area contributed by atoms with Crippen molar-refractivity contribution in [2.75, 3.05) is 20.6 Å². The molecule has 0 aliphatic carbocycles. The number of nitrogens with one attached hydrogen (secondary N) is 1. The predicted octanol–water partition coefficient (Wildman–Crippen LogP) is 2.67. The van der Waals surface area contributed by atoms with Gasteiger partial charge in [0.1, 0.15) is 17.7 Å². The normalized spacial score (nSPS) is 12.5. The zero-order chi connectivity index (χ0) is 18.7. The number of halogens is 1. The Balaban J connectivity index is 1.67. The van der Waals surface area contributed by atoms with E-state index in [1.54, 1.807) is 31.1 Å². The number of likely N-dealkylation sites (N-methyl/N-ethyl adjacent to an activating group) is 1. The third kappa shape index (κ3) is 3.75. The molecule has 5 nitrogen and oxygen atoms in total. The highest BCUT2D eigenvalue weighted by atomic mass is 19.1. The van der Waals surface area contributed by atoms with Crippen molar-refractivity contribution in [1.29, 1.82) is 0 Å². The largest absolute Gasteiger partial charge is 0.354 e. The lowest BCUT2D eigenvalue weighted by Crippen LogP contribution is -2.38. The summed E-state index contributed by atoms with van der Waals surface area (Å²) in [6.45, 7) is 0.468. The molecule has 1 amide bonds. The quantitative estimate of drug-likeness (QED) is 0.740. The minimum Gasteiger partial charge on any atom is -0.354 e. The molecule has 1 N–H and O–H groups in total. The highest BCUT2D eigenvalue weighted by Crippen LogP contribution is 2.19. The van der Waals surface area contributed by atoms with Crippen LogP contribution in [-0.2, 0) is 18.3 Å². The number of benzene rings is 2. The summed E-state index contributed by atoms with van der Waals surface area (Å²) in [6.07, 6.45) is 0.625. The Morgan fingerprint density at radius 2 is 2.00 bits per heavy atom. The Morgan fingerprint density at radius 1 is 1.23 bits per heavy atom. The monoisotopic (exact) mass is 354 g/mol. The predicted molar refractivity (Wildman–Crippen MR) is 100 cm³/mol. The maximum atomic E-state index is 13.5. The number of nitrogens with zero attached hydrogens (tertiary/aromatic N) is 3. The Hall–Kier alpha value is -2.73. The van der Waals surface area contributed by atoms with E-state index in [1.807, 2.05) is 35.9 Å². The van der Waals surface area contributed by atoms with Crippen LogP contribution in [0.2, 0.25) is 0 Å². The Morgan fingerprint density at radius 3 is 2.69 bits per heavy atom. The van der Waals surface area contributed by atoms with E-state index in [-0.39, 0.29) is 11.7 Å². The maximum Gasteiger partial charge on any atom is 0.241 e. The van der Waals surface area contributed by atoms with Crippen molar-refractivity contribution < 1.29 is 9.18 Å². The van der Waals surface area contributed by atoms with Gasteiger partial charge < -0.3 is 9.88 Å². The van der Waals surface area contributed by atoms with Gasteiger partial charge in [0.25, 0.3) is 0 Å². The van der Waals surface area contributed by atoms with Crippen LogP contribution < -0.4 is 5.32 Å². The second kappa shape index (κ2) is 7.66. The van der Waals surface area contributed by atoms with E-state index in [4.69, 9.17) is 0 Å². The van der Waals surface area contributed by atoms with E-state index < -0.39 is 6.04 Å². The molecule has 0 bridgehead atoms. The molecule has 6 heteroatoms. The minimum atomic E-state index is -0.536. The molecule has 3 rings (SSSR count). The molecule has 0 spiro atoms. The average Bonchev–Trinajstić information content (AvgIpc) is 2.91. The number of fused-ring (bicyclic) bond motifs is 1. The van der Waals surface area contributed by atoms with Crippen LogP contribution in [0.1, 0.15) is 17.4 Å². The summed E-state index contributed by atoms with van der Waals surface area (Å²) in [4.78, 5) is 19.0. The zero-order valence-electron chi connectivity index (χ0n) is 15.2. The number of aromatic nitrogens is 2. The number of imidazole rings is 1. The number of rotatable bonds is 6. The van der Waals surface area contributed by atoms with Crippen LogP contribution in [0, 0.1) is 5.82 Å². The Labute approximate surface area is 152 Å². The molecule has 136 valence electrons. The van der Waals surface area contributed by atoms with Crippen LogP contribution in [0.15, 0.2) is 48.5 Å². The second-order valence-electron chi connectivity index (χ2n) is 6.54. The molecular weight excluding hydrogens is 331 g/mol. The molecule has 0 saturated carbocycles. The molecule has 0 aliphatic rings. The second-order valence-corrected chi connectivity index (χ2v) is 6.54. The van der Waals surface area contributed by atoms with E-state index in [2.05, 4.69) is 10.3 Å². The van der Waals surface area contributed by atoms with Crippen molar-refractivity contribution >= 4 is 16.9 Å². The van der Waals surface area contributed by atoms with E-state index in [0.717, 1.165) is 16.9 Å². The summed E-state index contributed by atoms with van der Waals surface area (Å²) in [5.74, 6) is 0.417. The molecule has 0 unspecified atom stereocenters. The summed E-state index contributed by atoms with van der Waals surface area (Å²) >= 11 is 0.